The molecular weight excluding hydrogens is 322 g/mol. The number of hydrogen-bond donors (Lipinski definition) is 5. The number of carbonyl (C=O) groups excluding carboxylic acids is 1. The van der Waals surface area contributed by atoms with Crippen LogP contribution in [0.1, 0.15) is 17.3 Å². The van der Waals surface area contributed by atoms with E-state index in [0.717, 1.165) is 0 Å². The minimum atomic E-state index is -1.47. The van der Waals surface area contributed by atoms with Crippen LogP contribution < -0.4 is 10.1 Å². The van der Waals surface area contributed by atoms with Crippen LogP contribution in [-0.2, 0) is 9.53 Å². The van der Waals surface area contributed by atoms with Gasteiger partial charge in [0.05, 0.1) is 6.61 Å². The molecule has 9 heteroatoms. The highest BCUT2D eigenvalue weighted by atomic mass is 16.7. The van der Waals surface area contributed by atoms with Gasteiger partial charge in [-0.05, 0) is 12.1 Å². The van der Waals surface area contributed by atoms with Crippen LogP contribution in [0.15, 0.2) is 24.3 Å². The zero-order valence-corrected chi connectivity index (χ0v) is 12.8. The first-order valence-corrected chi connectivity index (χ1v) is 7.23. The van der Waals surface area contributed by atoms with E-state index in [1.165, 1.54) is 25.1 Å². The van der Waals surface area contributed by atoms with Crippen molar-refractivity contribution < 1.29 is 39.5 Å². The van der Waals surface area contributed by atoms with Crippen molar-refractivity contribution in [2.45, 2.75) is 37.6 Å². The molecule has 5 atom stereocenters. The molecule has 2 rings (SSSR count). The number of ether oxygens (including phenoxy) is 2. The number of hydrogen-bond acceptors (Lipinski definition) is 7. The van der Waals surface area contributed by atoms with Crippen molar-refractivity contribution in [3.8, 4) is 5.75 Å². The van der Waals surface area contributed by atoms with Gasteiger partial charge in [0, 0.05) is 6.92 Å². The summed E-state index contributed by atoms with van der Waals surface area (Å²) in [7, 11) is 0. The van der Waals surface area contributed by atoms with Gasteiger partial charge in [0.25, 0.3) is 0 Å². The lowest BCUT2D eigenvalue weighted by molar-refractivity contribution is -0.244. The quantitative estimate of drug-likeness (QED) is 0.445. The minimum absolute atomic E-state index is 0.0365. The second-order valence-corrected chi connectivity index (χ2v) is 5.35. The number of nitrogens with one attached hydrogen (secondary N) is 1. The zero-order valence-electron chi connectivity index (χ0n) is 12.8. The van der Waals surface area contributed by atoms with Crippen LogP contribution in [0.3, 0.4) is 0 Å². The standard InChI is InChI=1S/C15H19NO8/c1-7(18)16-11-13(20)12(19)10(6-17)24-15(11)23-9-5-3-2-4-8(9)14(21)22/h2-5,10-13,15,17,19-20H,6H2,1H3,(H,16,18)(H,21,22)/t10-,11-,12+,13+,15-/m0/s1. The summed E-state index contributed by atoms with van der Waals surface area (Å²) >= 11 is 0. The predicted octanol–water partition coefficient (Wildman–Crippen LogP) is -1.29. The molecule has 1 aromatic carbocycles. The molecule has 0 radical (unpaired) electrons. The van der Waals surface area contributed by atoms with Crippen LogP contribution in [0.25, 0.3) is 0 Å². The first kappa shape index (κ1) is 18.1. The Labute approximate surface area is 137 Å². The Balaban J connectivity index is 2.30. The molecule has 0 unspecified atom stereocenters. The van der Waals surface area contributed by atoms with Crippen LogP contribution in [0.5, 0.6) is 5.75 Å². The van der Waals surface area contributed by atoms with Gasteiger partial charge in [-0.1, -0.05) is 12.1 Å². The Kier molecular flexibility index (Phi) is 5.73. The van der Waals surface area contributed by atoms with E-state index in [2.05, 4.69) is 5.32 Å². The van der Waals surface area contributed by atoms with E-state index in [0.29, 0.717) is 0 Å². The molecule has 132 valence electrons. The predicted molar refractivity (Wildman–Crippen MR) is 79.4 cm³/mol. The van der Waals surface area contributed by atoms with Crippen molar-refractivity contribution in [2.24, 2.45) is 0 Å². The highest BCUT2D eigenvalue weighted by Gasteiger charge is 2.46. The molecule has 1 aliphatic rings. The van der Waals surface area contributed by atoms with Crippen molar-refractivity contribution in [2.75, 3.05) is 6.61 Å². The Hall–Kier alpha value is -2.20. The van der Waals surface area contributed by atoms with Gasteiger partial charge in [0.1, 0.15) is 35.7 Å². The summed E-state index contributed by atoms with van der Waals surface area (Å²) in [5, 5.41) is 40.9. The van der Waals surface area contributed by atoms with E-state index in [1.807, 2.05) is 0 Å². The number of aromatic carboxylic acids is 1. The number of benzene rings is 1. The molecule has 0 spiro atoms. The average molecular weight is 341 g/mol. The van der Waals surface area contributed by atoms with Gasteiger partial charge in [-0.2, -0.15) is 0 Å². The molecule has 1 saturated heterocycles. The Morgan fingerprint density at radius 1 is 1.25 bits per heavy atom. The van der Waals surface area contributed by atoms with Gasteiger partial charge in [-0.25, -0.2) is 4.79 Å². The highest BCUT2D eigenvalue weighted by Crippen LogP contribution is 2.26. The summed E-state index contributed by atoms with van der Waals surface area (Å²) in [6, 6.07) is 4.62. The molecule has 0 saturated carbocycles. The Morgan fingerprint density at radius 3 is 2.50 bits per heavy atom. The van der Waals surface area contributed by atoms with Crippen LogP contribution in [0.2, 0.25) is 0 Å². The maximum absolute atomic E-state index is 11.3. The van der Waals surface area contributed by atoms with Gasteiger partial charge >= 0.3 is 5.97 Å². The van der Waals surface area contributed by atoms with E-state index >= 15 is 0 Å². The van der Waals surface area contributed by atoms with Crippen LogP contribution in [0.4, 0.5) is 0 Å². The van der Waals surface area contributed by atoms with Gasteiger partial charge in [-0.15, -0.1) is 0 Å². The van der Waals surface area contributed by atoms with Crippen molar-refractivity contribution in [1.82, 2.24) is 5.32 Å². The molecule has 0 aromatic heterocycles. The first-order chi connectivity index (χ1) is 11.3. The SMILES string of the molecule is CC(=O)N[C@@H]1[C@@H](Oc2ccccc2C(=O)O)O[C@@H](CO)[C@@H](O)[C@@H]1O. The fourth-order valence-corrected chi connectivity index (χ4v) is 2.44. The molecule has 5 N–H and O–H groups in total. The smallest absolute Gasteiger partial charge is 0.339 e. The lowest BCUT2D eigenvalue weighted by Gasteiger charge is -2.42. The summed E-state index contributed by atoms with van der Waals surface area (Å²) in [5.74, 6) is -1.76. The van der Waals surface area contributed by atoms with Crippen molar-refractivity contribution >= 4 is 11.9 Å². The number of aliphatic hydroxyl groups excluding tert-OH is 3. The number of aliphatic hydroxyl groups is 3. The number of carboxylic acid groups (broad SMARTS) is 1. The topological polar surface area (TPSA) is 146 Å². The summed E-state index contributed by atoms with van der Waals surface area (Å²) in [6.07, 6.45) is -5.36. The summed E-state index contributed by atoms with van der Waals surface area (Å²) in [4.78, 5) is 22.6. The molecule has 24 heavy (non-hydrogen) atoms. The molecule has 1 fully saturated rings. The largest absolute Gasteiger partial charge is 0.478 e. The van der Waals surface area contributed by atoms with Crippen molar-refractivity contribution in [1.29, 1.82) is 0 Å². The second-order valence-electron chi connectivity index (χ2n) is 5.35. The summed E-state index contributed by atoms with van der Waals surface area (Å²) in [6.45, 7) is 0.616. The third-order valence-electron chi connectivity index (χ3n) is 3.61. The number of carboxylic acids is 1. The van der Waals surface area contributed by atoms with Crippen molar-refractivity contribution in [3.05, 3.63) is 29.8 Å². The van der Waals surface area contributed by atoms with E-state index in [-0.39, 0.29) is 11.3 Å². The highest BCUT2D eigenvalue weighted by molar-refractivity contribution is 5.90. The average Bonchev–Trinajstić information content (AvgIpc) is 2.54. The molecule has 0 bridgehead atoms. The molecule has 9 nitrogen and oxygen atoms in total. The Morgan fingerprint density at radius 2 is 1.92 bits per heavy atom. The molecular formula is C15H19NO8. The van der Waals surface area contributed by atoms with Gasteiger partial charge in [0.15, 0.2) is 0 Å². The third kappa shape index (κ3) is 3.82. The van der Waals surface area contributed by atoms with Gasteiger partial charge in [-0.3, -0.25) is 4.79 Å². The third-order valence-corrected chi connectivity index (χ3v) is 3.61. The van der Waals surface area contributed by atoms with E-state index in [1.54, 1.807) is 6.07 Å². The summed E-state index contributed by atoms with van der Waals surface area (Å²) < 4.78 is 10.9. The molecule has 1 heterocycles. The number of amides is 1. The molecule has 1 aromatic rings. The fraction of sp³-hybridized carbons (Fsp3) is 0.467. The minimum Gasteiger partial charge on any atom is -0.478 e. The van der Waals surface area contributed by atoms with Crippen LogP contribution in [0, 0.1) is 0 Å². The first-order valence-electron chi connectivity index (χ1n) is 7.23. The van der Waals surface area contributed by atoms with Crippen LogP contribution in [-0.4, -0.2) is 69.6 Å². The molecule has 0 aliphatic carbocycles. The van der Waals surface area contributed by atoms with Crippen molar-refractivity contribution in [3.63, 3.8) is 0 Å². The maximum Gasteiger partial charge on any atom is 0.339 e. The maximum atomic E-state index is 11.3. The van der Waals surface area contributed by atoms with Crippen LogP contribution >= 0.6 is 0 Å². The summed E-state index contributed by atoms with van der Waals surface area (Å²) in [5.41, 5.74) is -0.135. The molecule has 1 aliphatic heterocycles. The lowest BCUT2D eigenvalue weighted by Crippen LogP contribution is -2.65. The lowest BCUT2D eigenvalue weighted by atomic mass is 9.97. The fourth-order valence-electron chi connectivity index (χ4n) is 2.44. The number of carbonyl (C=O) groups is 2. The second kappa shape index (κ2) is 7.58. The normalized spacial score (nSPS) is 29.8. The zero-order chi connectivity index (χ0) is 17.9. The van der Waals surface area contributed by atoms with Gasteiger partial charge in [0.2, 0.25) is 12.2 Å². The van der Waals surface area contributed by atoms with E-state index in [4.69, 9.17) is 9.47 Å². The number of rotatable bonds is 5. The monoisotopic (exact) mass is 341 g/mol. The molecule has 1 amide bonds. The van der Waals surface area contributed by atoms with E-state index < -0.39 is 49.1 Å². The number of para-hydroxylation sites is 1. The Bertz CT molecular complexity index is 607. The van der Waals surface area contributed by atoms with Gasteiger partial charge < -0.3 is 35.2 Å². The van der Waals surface area contributed by atoms with E-state index in [9.17, 15) is 30.0 Å².